The number of hydrogen-bond acceptors (Lipinski definition) is 2. The fourth-order valence-corrected chi connectivity index (χ4v) is 4.72. The van der Waals surface area contributed by atoms with Crippen LogP contribution in [0, 0.1) is 5.92 Å². The van der Waals surface area contributed by atoms with E-state index in [-0.39, 0.29) is 16.3 Å². The maximum Gasteiger partial charge on any atom is 0.262 e. The third-order valence-electron chi connectivity index (χ3n) is 4.62. The highest BCUT2D eigenvalue weighted by atomic mass is 35.5. The lowest BCUT2D eigenvalue weighted by atomic mass is 10.1. The molecule has 2 amide bonds. The van der Waals surface area contributed by atoms with Gasteiger partial charge in [-0.3, -0.25) is 9.59 Å². The van der Waals surface area contributed by atoms with Gasteiger partial charge < -0.3 is 10.6 Å². The van der Waals surface area contributed by atoms with E-state index >= 15 is 0 Å². The minimum Gasteiger partial charge on any atom is -0.346 e. The van der Waals surface area contributed by atoms with Crippen LogP contribution in [0.3, 0.4) is 0 Å². The van der Waals surface area contributed by atoms with E-state index in [1.807, 2.05) is 0 Å². The van der Waals surface area contributed by atoms with Gasteiger partial charge in [-0.15, -0.1) is 23.2 Å². The Morgan fingerprint density at radius 2 is 1.68 bits per heavy atom. The lowest BCUT2D eigenvalue weighted by Gasteiger charge is -2.13. The maximum atomic E-state index is 13.0. The van der Waals surface area contributed by atoms with Gasteiger partial charge in [-0.25, -0.2) is 8.78 Å². The van der Waals surface area contributed by atoms with Gasteiger partial charge in [0.25, 0.3) is 11.8 Å². The van der Waals surface area contributed by atoms with Gasteiger partial charge in [0.15, 0.2) is 0 Å². The standard InChI is InChI=1S/C20H15Cl5F2N2O2/c1-19(26,27)8-28-17(30)13-7-12(2-3-14(13)23)29-18(31)16-15(20(16,24)25)9-4-10(21)6-11(22)5-9/h2-7,15-16H,8H2,1H3,(H,28,30)(H,29,31). The molecule has 0 aliphatic heterocycles. The van der Waals surface area contributed by atoms with Crippen LogP contribution in [-0.2, 0) is 4.79 Å². The molecule has 2 aromatic carbocycles. The van der Waals surface area contributed by atoms with Gasteiger partial charge in [0, 0.05) is 28.6 Å². The first-order valence-electron chi connectivity index (χ1n) is 8.90. The molecule has 1 aliphatic rings. The van der Waals surface area contributed by atoms with E-state index in [1.165, 1.54) is 18.2 Å². The number of nitrogens with one attached hydrogen (secondary N) is 2. The SMILES string of the molecule is CC(F)(F)CNC(=O)c1cc(NC(=O)C2C(c3cc(Cl)cc(Cl)c3)C2(Cl)Cl)ccc1Cl. The van der Waals surface area contributed by atoms with Crippen LogP contribution in [-0.4, -0.2) is 28.6 Å². The number of carbonyl (C=O) groups excluding carboxylic acids is 2. The van der Waals surface area contributed by atoms with Gasteiger partial charge in [0.05, 0.1) is 23.0 Å². The Balaban J connectivity index is 1.75. The summed E-state index contributed by atoms with van der Waals surface area (Å²) in [6.07, 6.45) is 0. The number of rotatable bonds is 6. The van der Waals surface area contributed by atoms with Gasteiger partial charge in [0.1, 0.15) is 4.33 Å². The summed E-state index contributed by atoms with van der Waals surface area (Å²) in [7, 11) is 0. The number of hydrogen-bond donors (Lipinski definition) is 2. The van der Waals surface area contributed by atoms with E-state index in [2.05, 4.69) is 10.6 Å². The Morgan fingerprint density at radius 3 is 2.26 bits per heavy atom. The summed E-state index contributed by atoms with van der Waals surface area (Å²) >= 11 is 30.7. The quantitative estimate of drug-likeness (QED) is 0.416. The molecular formula is C20H15Cl5F2N2O2. The highest BCUT2D eigenvalue weighted by Crippen LogP contribution is 2.65. The normalized spacial score (nSPS) is 19.6. The number of halogens is 7. The summed E-state index contributed by atoms with van der Waals surface area (Å²) in [5, 5.41) is 5.51. The van der Waals surface area contributed by atoms with Crippen molar-refractivity contribution in [1.29, 1.82) is 0 Å². The van der Waals surface area contributed by atoms with Crippen LogP contribution in [0.4, 0.5) is 14.5 Å². The van der Waals surface area contributed by atoms with Crippen LogP contribution in [0.5, 0.6) is 0 Å². The zero-order chi connectivity index (χ0) is 23.1. The Hall–Kier alpha value is -1.31. The third-order valence-corrected chi connectivity index (χ3v) is 6.32. The minimum absolute atomic E-state index is 0.0387. The van der Waals surface area contributed by atoms with Crippen LogP contribution in [0.2, 0.25) is 15.1 Å². The van der Waals surface area contributed by atoms with Gasteiger partial charge in [-0.05, 0) is 42.0 Å². The number of anilines is 1. The molecule has 0 bridgehead atoms. The average Bonchev–Trinajstić information content (AvgIpc) is 3.22. The summed E-state index contributed by atoms with van der Waals surface area (Å²) in [5.41, 5.74) is 0.765. The summed E-state index contributed by atoms with van der Waals surface area (Å²) in [6, 6.07) is 8.90. The molecule has 1 fully saturated rings. The molecule has 1 aliphatic carbocycles. The molecule has 2 unspecified atom stereocenters. The van der Waals surface area contributed by atoms with Crippen molar-refractivity contribution < 1.29 is 18.4 Å². The van der Waals surface area contributed by atoms with Crippen molar-refractivity contribution in [2.75, 3.05) is 11.9 Å². The zero-order valence-corrected chi connectivity index (χ0v) is 19.6. The van der Waals surface area contributed by atoms with Crippen LogP contribution >= 0.6 is 58.0 Å². The van der Waals surface area contributed by atoms with Crippen molar-refractivity contribution in [3.8, 4) is 0 Å². The first-order valence-corrected chi connectivity index (χ1v) is 10.8. The Labute approximate surface area is 202 Å². The van der Waals surface area contributed by atoms with Crippen molar-refractivity contribution in [2.24, 2.45) is 5.92 Å². The van der Waals surface area contributed by atoms with E-state index in [1.54, 1.807) is 18.2 Å². The van der Waals surface area contributed by atoms with Crippen LogP contribution < -0.4 is 10.6 Å². The predicted octanol–water partition coefficient (Wildman–Crippen LogP) is 6.56. The van der Waals surface area contributed by atoms with Crippen molar-refractivity contribution in [3.05, 3.63) is 62.6 Å². The first-order chi connectivity index (χ1) is 14.3. The molecular weight excluding hydrogens is 515 g/mol. The number of carbonyl (C=O) groups is 2. The molecule has 166 valence electrons. The summed E-state index contributed by atoms with van der Waals surface area (Å²) in [5.74, 6) is -5.74. The second-order valence-corrected chi connectivity index (χ2v) is 9.99. The lowest BCUT2D eigenvalue weighted by molar-refractivity contribution is -0.117. The van der Waals surface area contributed by atoms with Crippen LogP contribution in [0.15, 0.2) is 36.4 Å². The molecule has 2 N–H and O–H groups in total. The van der Waals surface area contributed by atoms with Gasteiger partial charge in [-0.1, -0.05) is 34.8 Å². The van der Waals surface area contributed by atoms with Crippen molar-refractivity contribution in [2.45, 2.75) is 23.1 Å². The molecule has 11 heteroatoms. The fraction of sp³-hybridized carbons (Fsp3) is 0.300. The Kier molecular flexibility index (Phi) is 6.99. The molecule has 2 atom stereocenters. The summed E-state index contributed by atoms with van der Waals surface area (Å²) in [6.45, 7) is -0.180. The lowest BCUT2D eigenvalue weighted by Crippen LogP contribution is -2.34. The summed E-state index contributed by atoms with van der Waals surface area (Å²) in [4.78, 5) is 25.0. The number of amides is 2. The topological polar surface area (TPSA) is 58.2 Å². The van der Waals surface area contributed by atoms with E-state index in [9.17, 15) is 18.4 Å². The average molecular weight is 531 g/mol. The minimum atomic E-state index is -3.08. The molecule has 0 aromatic heterocycles. The molecule has 4 nitrogen and oxygen atoms in total. The largest absolute Gasteiger partial charge is 0.346 e. The van der Waals surface area contributed by atoms with Gasteiger partial charge >= 0.3 is 0 Å². The first kappa shape index (κ1) is 24.3. The van der Waals surface area contributed by atoms with Crippen molar-refractivity contribution in [1.82, 2.24) is 5.32 Å². The molecule has 0 radical (unpaired) electrons. The van der Waals surface area contributed by atoms with E-state index < -0.39 is 40.5 Å². The van der Waals surface area contributed by atoms with E-state index in [0.29, 0.717) is 22.5 Å². The molecule has 2 aromatic rings. The second-order valence-electron chi connectivity index (χ2n) is 7.27. The molecule has 31 heavy (non-hydrogen) atoms. The highest BCUT2D eigenvalue weighted by molar-refractivity contribution is 6.53. The number of benzene rings is 2. The predicted molar refractivity (Wildman–Crippen MR) is 120 cm³/mol. The number of alkyl halides is 4. The highest BCUT2D eigenvalue weighted by Gasteiger charge is 2.67. The molecule has 3 rings (SSSR count). The van der Waals surface area contributed by atoms with Gasteiger partial charge in [0.2, 0.25) is 5.91 Å². The monoisotopic (exact) mass is 528 g/mol. The maximum absolute atomic E-state index is 13.0. The second kappa shape index (κ2) is 8.91. The van der Waals surface area contributed by atoms with Crippen LogP contribution in [0.1, 0.15) is 28.8 Å². The Morgan fingerprint density at radius 1 is 1.06 bits per heavy atom. The Bertz CT molecular complexity index is 1020. The zero-order valence-electron chi connectivity index (χ0n) is 15.8. The molecule has 0 heterocycles. The van der Waals surface area contributed by atoms with Crippen molar-refractivity contribution >= 4 is 75.5 Å². The molecule has 1 saturated carbocycles. The van der Waals surface area contributed by atoms with Crippen LogP contribution in [0.25, 0.3) is 0 Å². The van der Waals surface area contributed by atoms with Gasteiger partial charge in [-0.2, -0.15) is 0 Å². The van der Waals surface area contributed by atoms with E-state index in [4.69, 9.17) is 58.0 Å². The third kappa shape index (κ3) is 5.74. The smallest absolute Gasteiger partial charge is 0.262 e. The molecule has 0 spiro atoms. The molecule has 0 saturated heterocycles. The van der Waals surface area contributed by atoms with Crippen molar-refractivity contribution in [3.63, 3.8) is 0 Å². The fourth-order valence-electron chi connectivity index (χ4n) is 3.15. The van der Waals surface area contributed by atoms with E-state index in [0.717, 1.165) is 0 Å². The summed E-state index contributed by atoms with van der Waals surface area (Å²) < 4.78 is 24.6.